The van der Waals surface area contributed by atoms with Gasteiger partial charge in [0.2, 0.25) is 0 Å². The number of hydrogen-bond acceptors (Lipinski definition) is 1. The van der Waals surface area contributed by atoms with Crippen molar-refractivity contribution in [3.05, 3.63) is 12.2 Å². The molecule has 2 rings (SSSR count). The minimum atomic E-state index is -0.497. The second-order valence-electron chi connectivity index (χ2n) is 4.95. The van der Waals surface area contributed by atoms with Gasteiger partial charge in [0.25, 0.3) is 0 Å². The molecule has 2 aliphatic carbocycles. The van der Waals surface area contributed by atoms with Crippen LogP contribution >= 0.6 is 0 Å². The van der Waals surface area contributed by atoms with Gasteiger partial charge in [-0.2, -0.15) is 0 Å². The lowest BCUT2D eigenvalue weighted by molar-refractivity contribution is -0.00585. The van der Waals surface area contributed by atoms with Crippen molar-refractivity contribution in [3.8, 4) is 0 Å². The Hall–Kier alpha value is -0.300. The summed E-state index contributed by atoms with van der Waals surface area (Å²) < 4.78 is 0. The predicted molar refractivity (Wildman–Crippen MR) is 49.8 cm³/mol. The van der Waals surface area contributed by atoms with Crippen molar-refractivity contribution >= 4 is 0 Å². The third kappa shape index (κ3) is 1.03. The normalized spacial score (nSPS) is 40.9. The average Bonchev–Trinajstić information content (AvgIpc) is 2.45. The van der Waals surface area contributed by atoms with Crippen LogP contribution in [0.1, 0.15) is 33.1 Å². The van der Waals surface area contributed by atoms with E-state index in [9.17, 15) is 5.11 Å². The molecule has 12 heavy (non-hydrogen) atoms. The molecule has 68 valence electrons. The summed E-state index contributed by atoms with van der Waals surface area (Å²) in [5.41, 5.74) is 0.921. The molecule has 2 saturated carbocycles. The van der Waals surface area contributed by atoms with Gasteiger partial charge in [-0.15, -0.1) is 0 Å². The Bertz CT molecular complexity index is 212. The van der Waals surface area contributed by atoms with E-state index >= 15 is 0 Å². The maximum atomic E-state index is 9.92. The summed E-state index contributed by atoms with van der Waals surface area (Å²) in [5.74, 6) is 1.82. The van der Waals surface area contributed by atoms with Crippen LogP contribution in [0, 0.1) is 17.8 Å². The SMILES string of the molecule is C=C1[C@H]2CC[C@@H]1[C@H](C(C)(C)O)C2. The maximum Gasteiger partial charge on any atom is 0.0625 e. The van der Waals surface area contributed by atoms with E-state index in [1.165, 1.54) is 24.8 Å². The van der Waals surface area contributed by atoms with Crippen LogP contribution in [0.25, 0.3) is 0 Å². The Morgan fingerprint density at radius 1 is 1.42 bits per heavy atom. The smallest absolute Gasteiger partial charge is 0.0625 e. The van der Waals surface area contributed by atoms with Crippen LogP contribution in [0.3, 0.4) is 0 Å². The van der Waals surface area contributed by atoms with Gasteiger partial charge in [0, 0.05) is 0 Å². The third-order valence-corrected chi connectivity index (χ3v) is 3.76. The van der Waals surface area contributed by atoms with E-state index in [2.05, 4.69) is 6.58 Å². The molecule has 2 fully saturated rings. The van der Waals surface area contributed by atoms with Crippen molar-refractivity contribution in [1.82, 2.24) is 0 Å². The second kappa shape index (κ2) is 2.35. The molecule has 2 bridgehead atoms. The Balaban J connectivity index is 2.19. The molecule has 0 amide bonds. The van der Waals surface area contributed by atoms with Gasteiger partial charge in [0.1, 0.15) is 0 Å². The van der Waals surface area contributed by atoms with E-state index in [1.807, 2.05) is 13.8 Å². The molecule has 0 radical (unpaired) electrons. The fraction of sp³-hybridized carbons (Fsp3) is 0.818. The van der Waals surface area contributed by atoms with E-state index in [-0.39, 0.29) is 0 Å². The molecule has 0 aromatic rings. The minimum absolute atomic E-state index is 0.476. The molecule has 1 nitrogen and oxygen atoms in total. The lowest BCUT2D eigenvalue weighted by Crippen LogP contribution is -2.34. The zero-order valence-electron chi connectivity index (χ0n) is 8.01. The van der Waals surface area contributed by atoms with Gasteiger partial charge in [-0.3, -0.25) is 0 Å². The number of rotatable bonds is 1. The summed E-state index contributed by atoms with van der Waals surface area (Å²) in [6.07, 6.45) is 3.75. The fourth-order valence-electron chi connectivity index (χ4n) is 3.03. The van der Waals surface area contributed by atoms with Gasteiger partial charge in [0.15, 0.2) is 0 Å². The van der Waals surface area contributed by atoms with Gasteiger partial charge in [-0.25, -0.2) is 0 Å². The first-order chi connectivity index (χ1) is 5.50. The number of aliphatic hydroxyl groups is 1. The zero-order valence-corrected chi connectivity index (χ0v) is 8.01. The van der Waals surface area contributed by atoms with Crippen LogP contribution in [-0.2, 0) is 0 Å². The van der Waals surface area contributed by atoms with E-state index in [0.717, 1.165) is 5.92 Å². The summed E-state index contributed by atoms with van der Waals surface area (Å²) in [6, 6.07) is 0. The van der Waals surface area contributed by atoms with Crippen molar-refractivity contribution < 1.29 is 5.11 Å². The predicted octanol–water partition coefficient (Wildman–Crippen LogP) is 2.36. The molecule has 2 aliphatic rings. The molecule has 0 aromatic heterocycles. The highest BCUT2D eigenvalue weighted by molar-refractivity contribution is 5.20. The monoisotopic (exact) mass is 166 g/mol. The van der Waals surface area contributed by atoms with Crippen LogP contribution in [0.15, 0.2) is 12.2 Å². The zero-order chi connectivity index (χ0) is 8.93. The highest BCUT2D eigenvalue weighted by Crippen LogP contribution is 2.54. The molecule has 1 heteroatoms. The van der Waals surface area contributed by atoms with E-state index in [1.54, 1.807) is 0 Å². The third-order valence-electron chi connectivity index (χ3n) is 3.76. The average molecular weight is 166 g/mol. The van der Waals surface area contributed by atoms with Crippen molar-refractivity contribution in [2.24, 2.45) is 17.8 Å². The summed E-state index contributed by atoms with van der Waals surface area (Å²) >= 11 is 0. The molecule has 0 saturated heterocycles. The summed E-state index contributed by atoms with van der Waals surface area (Å²) in [6.45, 7) is 8.00. The first-order valence-electron chi connectivity index (χ1n) is 4.91. The van der Waals surface area contributed by atoms with E-state index in [0.29, 0.717) is 11.8 Å². The Morgan fingerprint density at radius 2 is 2.08 bits per heavy atom. The molecule has 1 N–H and O–H groups in total. The summed E-state index contributed by atoms with van der Waals surface area (Å²) in [7, 11) is 0. The standard InChI is InChI=1S/C11H18O/c1-7-8-4-5-9(7)10(6-8)11(2,3)12/h8-10,12H,1,4-6H2,2-3H3/t8-,9-,10+/m0/s1. The summed E-state index contributed by atoms with van der Waals surface area (Å²) in [4.78, 5) is 0. The fourth-order valence-corrected chi connectivity index (χ4v) is 3.03. The number of allylic oxidation sites excluding steroid dienone is 1. The lowest BCUT2D eigenvalue weighted by atomic mass is 9.78. The van der Waals surface area contributed by atoms with Gasteiger partial charge >= 0.3 is 0 Å². The quantitative estimate of drug-likeness (QED) is 0.593. The number of hydrogen-bond donors (Lipinski definition) is 1. The van der Waals surface area contributed by atoms with Gasteiger partial charge < -0.3 is 5.11 Å². The van der Waals surface area contributed by atoms with Gasteiger partial charge in [-0.05, 0) is 50.9 Å². The van der Waals surface area contributed by atoms with Crippen molar-refractivity contribution in [3.63, 3.8) is 0 Å². The van der Waals surface area contributed by atoms with Gasteiger partial charge in [0.05, 0.1) is 5.60 Å². The number of fused-ring (bicyclic) bond motifs is 2. The van der Waals surface area contributed by atoms with Crippen LogP contribution in [0.2, 0.25) is 0 Å². The van der Waals surface area contributed by atoms with Crippen LogP contribution in [-0.4, -0.2) is 10.7 Å². The highest BCUT2D eigenvalue weighted by atomic mass is 16.3. The molecule has 3 atom stereocenters. The highest BCUT2D eigenvalue weighted by Gasteiger charge is 2.48. The Morgan fingerprint density at radius 3 is 2.33 bits per heavy atom. The minimum Gasteiger partial charge on any atom is -0.390 e. The Labute approximate surface area is 74.5 Å². The molecule has 0 aliphatic heterocycles. The first kappa shape index (κ1) is 8.31. The largest absolute Gasteiger partial charge is 0.390 e. The van der Waals surface area contributed by atoms with Crippen LogP contribution in [0.5, 0.6) is 0 Å². The molecular formula is C11H18O. The Kier molecular flexibility index (Phi) is 1.63. The van der Waals surface area contributed by atoms with E-state index in [4.69, 9.17) is 0 Å². The topological polar surface area (TPSA) is 20.2 Å². The maximum absolute atomic E-state index is 9.92. The van der Waals surface area contributed by atoms with Crippen molar-refractivity contribution in [2.75, 3.05) is 0 Å². The lowest BCUT2D eigenvalue weighted by Gasteiger charge is -2.32. The van der Waals surface area contributed by atoms with Gasteiger partial charge in [-0.1, -0.05) is 12.2 Å². The molecule has 0 aromatic carbocycles. The molecule has 0 heterocycles. The van der Waals surface area contributed by atoms with Crippen LogP contribution in [0.4, 0.5) is 0 Å². The van der Waals surface area contributed by atoms with Crippen molar-refractivity contribution in [1.29, 1.82) is 0 Å². The first-order valence-corrected chi connectivity index (χ1v) is 4.91. The molecular weight excluding hydrogens is 148 g/mol. The molecule has 0 unspecified atom stereocenters. The summed E-state index contributed by atoms with van der Waals surface area (Å²) in [5, 5.41) is 9.92. The van der Waals surface area contributed by atoms with E-state index < -0.39 is 5.60 Å². The second-order valence-corrected chi connectivity index (χ2v) is 4.95. The molecule has 0 spiro atoms. The van der Waals surface area contributed by atoms with Crippen LogP contribution < -0.4 is 0 Å². The van der Waals surface area contributed by atoms with Crippen molar-refractivity contribution in [2.45, 2.75) is 38.7 Å².